The van der Waals surface area contributed by atoms with Gasteiger partial charge in [-0.3, -0.25) is 19.2 Å². The molecular weight excluding hydrogens is 506 g/mol. The van der Waals surface area contributed by atoms with E-state index in [9.17, 15) is 19.2 Å². The molecule has 200 valence electrons. The van der Waals surface area contributed by atoms with Gasteiger partial charge in [0.05, 0.1) is 5.92 Å². The van der Waals surface area contributed by atoms with Gasteiger partial charge in [-0.2, -0.15) is 0 Å². The van der Waals surface area contributed by atoms with Gasteiger partial charge in [0, 0.05) is 27.5 Å². The Bertz CT molecular complexity index is 1310. The van der Waals surface area contributed by atoms with Crippen LogP contribution in [-0.2, 0) is 14.3 Å². The van der Waals surface area contributed by atoms with Crippen LogP contribution in [-0.4, -0.2) is 47.2 Å². The highest BCUT2D eigenvalue weighted by Gasteiger charge is 2.37. The minimum absolute atomic E-state index is 0.279. The molecule has 0 radical (unpaired) electrons. The number of fused-ring (bicyclic) bond motifs is 1. The van der Waals surface area contributed by atoms with Crippen molar-refractivity contribution in [3.8, 4) is 0 Å². The average Bonchev–Trinajstić information content (AvgIpc) is 3.56. The van der Waals surface area contributed by atoms with Crippen molar-refractivity contribution in [2.45, 2.75) is 57.5 Å². The number of carbonyl (C=O) groups is 4. The largest absolute Gasteiger partial charge is 0.457 e. The number of carbonyl (C=O) groups excluding carboxylic acids is 4. The number of hydrogen-bond acceptors (Lipinski definition) is 5. The predicted octanol–water partition coefficient (Wildman–Crippen LogP) is 4.82. The van der Waals surface area contributed by atoms with Crippen molar-refractivity contribution >= 4 is 46.1 Å². The summed E-state index contributed by atoms with van der Waals surface area (Å²) in [5, 5.41) is 7.17. The second-order valence-electron chi connectivity index (χ2n) is 9.63. The number of Topliss-reactive ketones (excluding diaryl/α,β-unsaturated/α-hetero) is 1. The third kappa shape index (κ3) is 6.81. The highest BCUT2D eigenvalue weighted by molar-refractivity contribution is 6.31. The lowest BCUT2D eigenvalue weighted by molar-refractivity contribution is -0.148. The Kier molecular flexibility index (Phi) is 9.18. The number of esters is 1. The van der Waals surface area contributed by atoms with Gasteiger partial charge in [0.1, 0.15) is 11.7 Å². The van der Waals surface area contributed by atoms with Crippen LogP contribution in [0.5, 0.6) is 0 Å². The molecule has 3 atom stereocenters. The number of unbranched alkanes of at least 4 members (excludes halogenated alkanes) is 1. The first-order valence-electron chi connectivity index (χ1n) is 13.0. The molecule has 1 saturated carbocycles. The first-order valence-corrected chi connectivity index (χ1v) is 13.4. The first-order chi connectivity index (χ1) is 18.4. The van der Waals surface area contributed by atoms with Gasteiger partial charge in [-0.1, -0.05) is 68.1 Å². The summed E-state index contributed by atoms with van der Waals surface area (Å²) < 4.78 is 5.32. The van der Waals surface area contributed by atoms with Crippen LogP contribution >= 0.6 is 11.6 Å². The Morgan fingerprint density at radius 1 is 1.08 bits per heavy atom. The Labute approximate surface area is 226 Å². The molecule has 1 heterocycles. The zero-order chi connectivity index (χ0) is 27.1. The lowest BCUT2D eigenvalue weighted by atomic mass is 10.0. The fourth-order valence-electron chi connectivity index (χ4n) is 4.79. The third-order valence-electron chi connectivity index (χ3n) is 6.88. The monoisotopic (exact) mass is 537 g/mol. The molecule has 1 aliphatic carbocycles. The molecule has 9 heteroatoms. The van der Waals surface area contributed by atoms with Gasteiger partial charge in [0.15, 0.2) is 12.4 Å². The van der Waals surface area contributed by atoms with E-state index in [-0.39, 0.29) is 18.3 Å². The van der Waals surface area contributed by atoms with Crippen molar-refractivity contribution < 1.29 is 23.9 Å². The maximum atomic E-state index is 13.2. The summed E-state index contributed by atoms with van der Waals surface area (Å²) in [5.74, 6) is -2.04. The Morgan fingerprint density at radius 2 is 1.87 bits per heavy atom. The van der Waals surface area contributed by atoms with E-state index in [1.165, 1.54) is 0 Å². The molecule has 38 heavy (non-hydrogen) atoms. The minimum Gasteiger partial charge on any atom is -0.457 e. The maximum Gasteiger partial charge on any atom is 0.311 e. The number of amides is 2. The van der Waals surface area contributed by atoms with Crippen LogP contribution in [0.15, 0.2) is 54.6 Å². The van der Waals surface area contributed by atoms with Gasteiger partial charge in [0.25, 0.3) is 5.91 Å². The fourth-order valence-corrected chi connectivity index (χ4v) is 4.97. The highest BCUT2D eigenvalue weighted by Crippen LogP contribution is 2.27. The summed E-state index contributed by atoms with van der Waals surface area (Å²) in [4.78, 5) is 54.4. The normalized spacial score (nSPS) is 17.6. The number of ether oxygens (including phenoxy) is 1. The highest BCUT2D eigenvalue weighted by atomic mass is 35.5. The summed E-state index contributed by atoms with van der Waals surface area (Å²) in [6.45, 7) is 1.67. The molecule has 1 aliphatic rings. The SMILES string of the molecule is CCCC[C@H](NC(=O)c1cc2cc(Cl)ccc2[nH]1)C(=O)N[C@H]1CCC[C@H]1C(=O)OCC(=O)c1ccccc1. The van der Waals surface area contributed by atoms with Crippen molar-refractivity contribution in [2.75, 3.05) is 6.61 Å². The minimum atomic E-state index is -0.755. The quantitative estimate of drug-likeness (QED) is 0.239. The topological polar surface area (TPSA) is 117 Å². The van der Waals surface area contributed by atoms with Crippen LogP contribution in [0.25, 0.3) is 10.9 Å². The molecule has 0 spiro atoms. The lowest BCUT2D eigenvalue weighted by Crippen LogP contribution is -2.51. The lowest BCUT2D eigenvalue weighted by Gasteiger charge is -2.24. The number of halogens is 1. The second kappa shape index (κ2) is 12.7. The zero-order valence-corrected chi connectivity index (χ0v) is 22.1. The Hall–Kier alpha value is -3.65. The smallest absolute Gasteiger partial charge is 0.311 e. The number of ketones is 1. The molecule has 2 amide bonds. The molecule has 8 nitrogen and oxygen atoms in total. The van der Waals surface area contributed by atoms with Gasteiger partial charge in [0.2, 0.25) is 5.91 Å². The van der Waals surface area contributed by atoms with Crippen molar-refractivity contribution in [1.82, 2.24) is 15.6 Å². The summed E-state index contributed by atoms with van der Waals surface area (Å²) in [6, 6.07) is 14.5. The molecule has 2 aromatic carbocycles. The molecule has 0 bridgehead atoms. The van der Waals surface area contributed by atoms with E-state index < -0.39 is 29.9 Å². The van der Waals surface area contributed by atoms with E-state index in [0.29, 0.717) is 35.5 Å². The molecule has 1 aromatic heterocycles. The molecular formula is C29H32ClN3O5. The van der Waals surface area contributed by atoms with E-state index in [4.69, 9.17) is 16.3 Å². The second-order valence-corrected chi connectivity index (χ2v) is 10.1. The number of aromatic nitrogens is 1. The first kappa shape index (κ1) is 27.4. The molecule has 3 aromatic rings. The van der Waals surface area contributed by atoms with Crippen LogP contribution < -0.4 is 10.6 Å². The Morgan fingerprint density at radius 3 is 2.63 bits per heavy atom. The number of aromatic amines is 1. The predicted molar refractivity (Wildman–Crippen MR) is 145 cm³/mol. The molecule has 0 saturated heterocycles. The van der Waals surface area contributed by atoms with Crippen LogP contribution in [0.3, 0.4) is 0 Å². The fraction of sp³-hybridized carbons (Fsp3) is 0.379. The van der Waals surface area contributed by atoms with Crippen molar-refractivity contribution in [2.24, 2.45) is 5.92 Å². The van der Waals surface area contributed by atoms with Crippen molar-refractivity contribution in [3.05, 3.63) is 70.9 Å². The van der Waals surface area contributed by atoms with Crippen LogP contribution in [0.1, 0.15) is 66.3 Å². The summed E-state index contributed by atoms with van der Waals surface area (Å²) >= 11 is 6.05. The standard InChI is InChI=1S/C29H32ClN3O5/c1-2-3-11-24(33-28(36)25-16-19-15-20(30)13-14-22(19)31-25)27(35)32-23-12-7-10-21(23)29(37)38-17-26(34)18-8-5-4-6-9-18/h4-6,8-9,13-16,21,23-24,31H,2-3,7,10-12,17H2,1H3,(H,32,35)(H,33,36)/t21-,23+,24+/m1/s1. The van der Waals surface area contributed by atoms with Crippen LogP contribution in [0.4, 0.5) is 0 Å². The van der Waals surface area contributed by atoms with Gasteiger partial charge in [-0.05, 0) is 43.5 Å². The van der Waals surface area contributed by atoms with Crippen molar-refractivity contribution in [3.63, 3.8) is 0 Å². The zero-order valence-electron chi connectivity index (χ0n) is 21.3. The van der Waals surface area contributed by atoms with E-state index in [0.717, 1.165) is 30.2 Å². The number of hydrogen-bond donors (Lipinski definition) is 3. The number of rotatable bonds is 11. The summed E-state index contributed by atoms with van der Waals surface area (Å²) in [6.07, 6.45) is 4.01. The molecule has 4 rings (SSSR count). The van der Waals surface area contributed by atoms with Gasteiger partial charge in [-0.15, -0.1) is 0 Å². The van der Waals surface area contributed by atoms with E-state index in [1.54, 1.807) is 54.6 Å². The molecule has 0 unspecified atom stereocenters. The van der Waals surface area contributed by atoms with E-state index >= 15 is 0 Å². The Balaban J connectivity index is 1.36. The molecule has 0 aliphatic heterocycles. The van der Waals surface area contributed by atoms with Gasteiger partial charge in [-0.25, -0.2) is 0 Å². The molecule has 3 N–H and O–H groups in total. The van der Waals surface area contributed by atoms with Gasteiger partial charge < -0.3 is 20.4 Å². The maximum absolute atomic E-state index is 13.2. The summed E-state index contributed by atoms with van der Waals surface area (Å²) in [7, 11) is 0. The number of benzene rings is 2. The van der Waals surface area contributed by atoms with E-state index in [2.05, 4.69) is 15.6 Å². The van der Waals surface area contributed by atoms with Crippen LogP contribution in [0.2, 0.25) is 5.02 Å². The van der Waals surface area contributed by atoms with E-state index in [1.807, 2.05) is 6.92 Å². The summed E-state index contributed by atoms with van der Waals surface area (Å²) in [5.41, 5.74) is 1.58. The third-order valence-corrected chi connectivity index (χ3v) is 7.12. The number of nitrogens with one attached hydrogen (secondary N) is 3. The average molecular weight is 538 g/mol. The van der Waals surface area contributed by atoms with Gasteiger partial charge >= 0.3 is 5.97 Å². The molecule has 1 fully saturated rings. The van der Waals surface area contributed by atoms with Crippen LogP contribution in [0, 0.1) is 5.92 Å². The van der Waals surface area contributed by atoms with Crippen molar-refractivity contribution in [1.29, 1.82) is 0 Å². The number of H-pyrrole nitrogens is 1.